The van der Waals surface area contributed by atoms with Crippen LogP contribution in [-0.2, 0) is 16.6 Å². The summed E-state index contributed by atoms with van der Waals surface area (Å²) in [6.45, 7) is 2.77. The van der Waals surface area contributed by atoms with Gasteiger partial charge in [0, 0.05) is 18.7 Å². The molecular formula is C23H20ClFN4O3S. The van der Waals surface area contributed by atoms with Gasteiger partial charge in [0.2, 0.25) is 0 Å². The van der Waals surface area contributed by atoms with Crippen molar-refractivity contribution >= 4 is 44.3 Å². The van der Waals surface area contributed by atoms with Crippen molar-refractivity contribution in [3.8, 4) is 0 Å². The number of para-hydroxylation sites is 2. The van der Waals surface area contributed by atoms with E-state index < -0.39 is 15.8 Å². The van der Waals surface area contributed by atoms with Crippen LogP contribution in [0.2, 0.25) is 5.02 Å². The number of aromatic nitrogens is 2. The molecule has 4 rings (SSSR count). The number of halogens is 2. The molecule has 0 saturated carbocycles. The highest BCUT2D eigenvalue weighted by Crippen LogP contribution is 2.26. The third kappa shape index (κ3) is 4.99. The molecule has 10 heteroatoms. The first-order chi connectivity index (χ1) is 15.7. The topological polar surface area (TPSA) is 93.1 Å². The fraction of sp³-hybridized carbons (Fsp3) is 0.130. The second-order valence-corrected chi connectivity index (χ2v) is 9.40. The fourth-order valence-corrected chi connectivity index (χ4v) is 4.72. The maximum absolute atomic E-state index is 13.1. The first-order valence-electron chi connectivity index (χ1n) is 10.0. The largest absolute Gasteiger partial charge is 0.350 e. The van der Waals surface area contributed by atoms with Gasteiger partial charge >= 0.3 is 0 Å². The molecule has 0 aliphatic carbocycles. The van der Waals surface area contributed by atoms with Crippen molar-refractivity contribution in [3.63, 3.8) is 0 Å². The normalized spacial score (nSPS) is 11.5. The highest BCUT2D eigenvalue weighted by molar-refractivity contribution is 7.92. The molecule has 1 heterocycles. The van der Waals surface area contributed by atoms with E-state index in [-0.39, 0.29) is 27.1 Å². The molecule has 3 aromatic carbocycles. The lowest BCUT2D eigenvalue weighted by molar-refractivity contribution is 0.0952. The Morgan fingerprint density at radius 2 is 1.82 bits per heavy atom. The van der Waals surface area contributed by atoms with Crippen molar-refractivity contribution in [2.45, 2.75) is 18.4 Å². The highest BCUT2D eigenvalue weighted by Gasteiger charge is 2.17. The molecule has 1 aromatic heterocycles. The van der Waals surface area contributed by atoms with E-state index >= 15 is 0 Å². The zero-order valence-electron chi connectivity index (χ0n) is 17.5. The van der Waals surface area contributed by atoms with E-state index in [1.807, 2.05) is 35.8 Å². The van der Waals surface area contributed by atoms with E-state index in [9.17, 15) is 17.6 Å². The summed E-state index contributed by atoms with van der Waals surface area (Å²) in [5.41, 5.74) is 2.15. The Hall–Kier alpha value is -3.43. The first-order valence-corrected chi connectivity index (χ1v) is 11.9. The van der Waals surface area contributed by atoms with Gasteiger partial charge in [-0.15, -0.1) is 0 Å². The average molecular weight is 487 g/mol. The van der Waals surface area contributed by atoms with Crippen molar-refractivity contribution in [2.24, 2.45) is 0 Å². The molecule has 0 atom stereocenters. The number of carbonyl (C=O) groups is 1. The number of fused-ring (bicyclic) bond motifs is 1. The van der Waals surface area contributed by atoms with E-state index in [0.29, 0.717) is 13.1 Å². The third-order valence-corrected chi connectivity index (χ3v) is 6.77. The van der Waals surface area contributed by atoms with E-state index in [1.165, 1.54) is 18.2 Å². The molecule has 33 heavy (non-hydrogen) atoms. The minimum absolute atomic E-state index is 0.0464. The van der Waals surface area contributed by atoms with Crippen LogP contribution in [0.1, 0.15) is 16.2 Å². The zero-order chi connectivity index (χ0) is 23.6. The van der Waals surface area contributed by atoms with Gasteiger partial charge < -0.3 is 9.88 Å². The predicted molar refractivity (Wildman–Crippen MR) is 125 cm³/mol. The minimum Gasteiger partial charge on any atom is -0.350 e. The molecule has 7 nitrogen and oxygen atoms in total. The predicted octanol–water partition coefficient (Wildman–Crippen LogP) is 4.37. The zero-order valence-corrected chi connectivity index (χ0v) is 19.1. The molecule has 0 aliphatic heterocycles. The van der Waals surface area contributed by atoms with Gasteiger partial charge in [0.15, 0.2) is 0 Å². The van der Waals surface area contributed by atoms with Crippen molar-refractivity contribution in [1.29, 1.82) is 0 Å². The van der Waals surface area contributed by atoms with E-state index in [0.717, 1.165) is 41.1 Å². The Bertz CT molecular complexity index is 1440. The van der Waals surface area contributed by atoms with Crippen LogP contribution >= 0.6 is 11.6 Å². The monoisotopic (exact) mass is 486 g/mol. The SMILES string of the molecule is Cc1nc2ccccc2n1CCNC(=O)c1ccc(Cl)c(NS(=O)(=O)c2ccc(F)cc2)c1. The molecule has 2 N–H and O–H groups in total. The number of sulfonamides is 1. The van der Waals surface area contributed by atoms with E-state index in [1.54, 1.807) is 0 Å². The Labute approximate surface area is 195 Å². The van der Waals surface area contributed by atoms with Gasteiger partial charge in [-0.2, -0.15) is 0 Å². The number of rotatable bonds is 7. The Kier molecular flexibility index (Phi) is 6.35. The Morgan fingerprint density at radius 1 is 1.09 bits per heavy atom. The van der Waals surface area contributed by atoms with Crippen LogP contribution in [-0.4, -0.2) is 30.4 Å². The number of nitrogens with zero attached hydrogens (tertiary/aromatic N) is 2. The summed E-state index contributed by atoms with van der Waals surface area (Å²) in [5, 5.41) is 2.95. The van der Waals surface area contributed by atoms with Crippen LogP contribution in [0.3, 0.4) is 0 Å². The van der Waals surface area contributed by atoms with Crippen molar-refractivity contribution in [2.75, 3.05) is 11.3 Å². The number of aryl methyl sites for hydroxylation is 1. The molecule has 4 aromatic rings. The van der Waals surface area contributed by atoms with Gasteiger partial charge in [0.05, 0.1) is 26.6 Å². The van der Waals surface area contributed by atoms with Crippen LogP contribution in [0, 0.1) is 12.7 Å². The second kappa shape index (κ2) is 9.21. The van der Waals surface area contributed by atoms with Crippen LogP contribution in [0.5, 0.6) is 0 Å². The lowest BCUT2D eigenvalue weighted by Gasteiger charge is -2.12. The van der Waals surface area contributed by atoms with Crippen molar-refractivity contribution < 1.29 is 17.6 Å². The summed E-state index contributed by atoms with van der Waals surface area (Å²) in [4.78, 5) is 17.0. The maximum atomic E-state index is 13.1. The van der Waals surface area contributed by atoms with Gasteiger partial charge in [-0.1, -0.05) is 23.7 Å². The third-order valence-electron chi connectivity index (χ3n) is 5.06. The van der Waals surface area contributed by atoms with Gasteiger partial charge in [-0.05, 0) is 61.5 Å². The van der Waals surface area contributed by atoms with Crippen LogP contribution in [0.15, 0.2) is 71.6 Å². The molecule has 0 fully saturated rings. The highest BCUT2D eigenvalue weighted by atomic mass is 35.5. The summed E-state index contributed by atoms with van der Waals surface area (Å²) in [6.07, 6.45) is 0. The van der Waals surface area contributed by atoms with Crippen molar-refractivity contribution in [3.05, 3.63) is 89.0 Å². The molecule has 0 aliphatic rings. The standard InChI is InChI=1S/C23H20ClFN4O3S/c1-15-27-20-4-2-3-5-22(20)29(15)13-12-26-23(30)16-6-11-19(24)21(14-16)28-33(31,32)18-9-7-17(25)8-10-18/h2-11,14,28H,12-13H2,1H3,(H,26,30). The molecule has 0 radical (unpaired) electrons. The number of hydrogen-bond acceptors (Lipinski definition) is 4. The second-order valence-electron chi connectivity index (χ2n) is 7.31. The molecule has 0 saturated heterocycles. The van der Waals surface area contributed by atoms with Crippen LogP contribution in [0.25, 0.3) is 11.0 Å². The quantitative estimate of drug-likeness (QED) is 0.405. The number of hydrogen-bond donors (Lipinski definition) is 2. The molecule has 170 valence electrons. The summed E-state index contributed by atoms with van der Waals surface area (Å²) in [7, 11) is -4.01. The van der Waals surface area contributed by atoms with Gasteiger partial charge in [-0.25, -0.2) is 17.8 Å². The van der Waals surface area contributed by atoms with Gasteiger partial charge in [0.1, 0.15) is 11.6 Å². The minimum atomic E-state index is -4.01. The lowest BCUT2D eigenvalue weighted by Crippen LogP contribution is -2.27. The number of benzene rings is 3. The lowest BCUT2D eigenvalue weighted by atomic mass is 10.2. The summed E-state index contributed by atoms with van der Waals surface area (Å²) in [5.74, 6) is -0.0880. The summed E-state index contributed by atoms with van der Waals surface area (Å²) < 4.78 is 42.6. The van der Waals surface area contributed by atoms with Crippen molar-refractivity contribution in [1.82, 2.24) is 14.9 Å². The van der Waals surface area contributed by atoms with Gasteiger partial charge in [-0.3, -0.25) is 9.52 Å². The molecule has 1 amide bonds. The summed E-state index contributed by atoms with van der Waals surface area (Å²) in [6, 6.07) is 16.4. The number of anilines is 1. The molecule has 0 bridgehead atoms. The van der Waals surface area contributed by atoms with Gasteiger partial charge in [0.25, 0.3) is 15.9 Å². The van der Waals surface area contributed by atoms with Crippen LogP contribution in [0.4, 0.5) is 10.1 Å². The Morgan fingerprint density at radius 3 is 2.58 bits per heavy atom. The number of amides is 1. The van der Waals surface area contributed by atoms with E-state index in [4.69, 9.17) is 11.6 Å². The molecule has 0 spiro atoms. The average Bonchev–Trinajstić information content (AvgIpc) is 3.10. The maximum Gasteiger partial charge on any atom is 0.261 e. The number of carbonyl (C=O) groups excluding carboxylic acids is 1. The van der Waals surface area contributed by atoms with Crippen LogP contribution < -0.4 is 10.0 Å². The smallest absolute Gasteiger partial charge is 0.261 e. The van der Waals surface area contributed by atoms with E-state index in [2.05, 4.69) is 15.0 Å². The summed E-state index contributed by atoms with van der Waals surface area (Å²) >= 11 is 6.14. The fourth-order valence-electron chi connectivity index (χ4n) is 3.42. The molecular weight excluding hydrogens is 467 g/mol. The number of nitrogens with one attached hydrogen (secondary N) is 2. The number of imidazole rings is 1. The first kappa shape index (κ1) is 22.8. The Balaban J connectivity index is 1.46. The molecule has 0 unspecified atom stereocenters.